The van der Waals surface area contributed by atoms with Crippen LogP contribution in [0.3, 0.4) is 0 Å². The third kappa shape index (κ3) is 3.38. The number of nitrogens with one attached hydrogen (secondary N) is 2. The van der Waals surface area contributed by atoms with E-state index in [9.17, 15) is 4.79 Å². The number of amides is 1. The maximum Gasteiger partial charge on any atom is 0.224 e. The minimum atomic E-state index is 0.00862. The zero-order chi connectivity index (χ0) is 14.4. The summed E-state index contributed by atoms with van der Waals surface area (Å²) in [6.45, 7) is 3.63. The largest absolute Gasteiger partial charge is 0.378 e. The Morgan fingerprint density at radius 3 is 2.90 bits per heavy atom. The summed E-state index contributed by atoms with van der Waals surface area (Å²) in [7, 11) is 1.65. The second-order valence-corrected chi connectivity index (χ2v) is 4.49. The molecule has 0 saturated heterocycles. The van der Waals surface area contributed by atoms with E-state index in [1.807, 2.05) is 30.5 Å². The molecule has 1 amide bonds. The highest BCUT2D eigenvalue weighted by atomic mass is 16.1. The fourth-order valence-electron chi connectivity index (χ4n) is 2.08. The summed E-state index contributed by atoms with van der Waals surface area (Å²) in [5.41, 5.74) is 1.96. The maximum absolute atomic E-state index is 11.5. The highest BCUT2D eigenvalue weighted by Gasteiger charge is 2.07. The third-order valence-electron chi connectivity index (χ3n) is 3.23. The topological polar surface area (TPSA) is 59.0 Å². The first kappa shape index (κ1) is 14.1. The van der Waals surface area contributed by atoms with Gasteiger partial charge in [-0.05, 0) is 18.6 Å². The van der Waals surface area contributed by atoms with Crippen LogP contribution in [0, 0.1) is 0 Å². The van der Waals surface area contributed by atoms with Crippen LogP contribution in [0.25, 0.3) is 0 Å². The van der Waals surface area contributed by atoms with Crippen molar-refractivity contribution in [1.82, 2.24) is 14.9 Å². The van der Waals surface area contributed by atoms with Crippen LogP contribution in [0.5, 0.6) is 0 Å². The molecule has 0 fully saturated rings. The molecule has 0 aliphatic carbocycles. The second-order valence-electron chi connectivity index (χ2n) is 4.49. The molecule has 2 aromatic rings. The average molecular weight is 272 g/mol. The quantitative estimate of drug-likeness (QED) is 0.843. The van der Waals surface area contributed by atoms with E-state index < -0.39 is 0 Å². The number of anilines is 1. The third-order valence-corrected chi connectivity index (χ3v) is 3.23. The molecule has 1 aromatic carbocycles. The van der Waals surface area contributed by atoms with Gasteiger partial charge < -0.3 is 15.2 Å². The second kappa shape index (κ2) is 6.75. The average Bonchev–Trinajstić information content (AvgIpc) is 2.93. The van der Waals surface area contributed by atoms with Crippen molar-refractivity contribution in [2.24, 2.45) is 0 Å². The van der Waals surface area contributed by atoms with Crippen molar-refractivity contribution in [3.63, 3.8) is 0 Å². The van der Waals surface area contributed by atoms with E-state index in [2.05, 4.69) is 27.1 Å². The zero-order valence-electron chi connectivity index (χ0n) is 11.9. The first-order valence-electron chi connectivity index (χ1n) is 6.77. The van der Waals surface area contributed by atoms with E-state index in [-0.39, 0.29) is 5.91 Å². The van der Waals surface area contributed by atoms with E-state index in [0.29, 0.717) is 13.0 Å². The number of carbonyl (C=O) groups is 1. The van der Waals surface area contributed by atoms with Gasteiger partial charge in [0.15, 0.2) is 0 Å². The number of para-hydroxylation sites is 1. The normalized spacial score (nSPS) is 10.3. The monoisotopic (exact) mass is 272 g/mol. The predicted molar refractivity (Wildman–Crippen MR) is 79.4 cm³/mol. The number of aryl methyl sites for hydroxylation is 1. The summed E-state index contributed by atoms with van der Waals surface area (Å²) in [4.78, 5) is 15.8. The molecule has 0 aliphatic heterocycles. The standard InChI is InChI=1S/C15H20N4O/c1-3-19-9-8-17-14(19)11-18-13-7-5-4-6-12(13)10-15(20)16-2/h4-9,18H,3,10-11H2,1-2H3,(H,16,20). The number of aromatic nitrogens is 2. The predicted octanol–water partition coefficient (Wildman–Crippen LogP) is 1.80. The summed E-state index contributed by atoms with van der Waals surface area (Å²) >= 11 is 0. The minimum absolute atomic E-state index is 0.00862. The highest BCUT2D eigenvalue weighted by molar-refractivity contribution is 5.80. The number of imidazole rings is 1. The van der Waals surface area contributed by atoms with Crippen molar-refractivity contribution < 1.29 is 4.79 Å². The number of benzene rings is 1. The summed E-state index contributed by atoms with van der Waals surface area (Å²) in [6, 6.07) is 7.85. The van der Waals surface area contributed by atoms with Gasteiger partial charge in [-0.1, -0.05) is 18.2 Å². The molecule has 1 aromatic heterocycles. The van der Waals surface area contributed by atoms with Crippen LogP contribution >= 0.6 is 0 Å². The Morgan fingerprint density at radius 2 is 2.15 bits per heavy atom. The van der Waals surface area contributed by atoms with Gasteiger partial charge in [-0.15, -0.1) is 0 Å². The van der Waals surface area contributed by atoms with Gasteiger partial charge in [0.25, 0.3) is 0 Å². The van der Waals surface area contributed by atoms with Gasteiger partial charge in [-0.25, -0.2) is 4.98 Å². The Hall–Kier alpha value is -2.30. The lowest BCUT2D eigenvalue weighted by Crippen LogP contribution is -2.20. The van der Waals surface area contributed by atoms with Crippen LogP contribution in [-0.4, -0.2) is 22.5 Å². The van der Waals surface area contributed by atoms with E-state index in [1.165, 1.54) is 0 Å². The van der Waals surface area contributed by atoms with Gasteiger partial charge in [-0.3, -0.25) is 4.79 Å². The number of hydrogen-bond donors (Lipinski definition) is 2. The first-order chi connectivity index (χ1) is 9.74. The number of likely N-dealkylation sites (N-methyl/N-ethyl adjacent to an activating group) is 1. The summed E-state index contributed by atoms with van der Waals surface area (Å²) in [5, 5.41) is 6.00. The molecule has 20 heavy (non-hydrogen) atoms. The molecule has 5 nitrogen and oxygen atoms in total. The lowest BCUT2D eigenvalue weighted by atomic mass is 10.1. The molecule has 1 heterocycles. The molecular weight excluding hydrogens is 252 g/mol. The van der Waals surface area contributed by atoms with Crippen molar-refractivity contribution in [3.05, 3.63) is 48.0 Å². The molecular formula is C15H20N4O. The number of nitrogens with zero attached hydrogens (tertiary/aromatic N) is 2. The van der Waals surface area contributed by atoms with Gasteiger partial charge in [0, 0.05) is 31.7 Å². The van der Waals surface area contributed by atoms with Gasteiger partial charge >= 0.3 is 0 Å². The molecule has 0 unspecified atom stereocenters. The summed E-state index contributed by atoms with van der Waals surface area (Å²) < 4.78 is 2.09. The van der Waals surface area contributed by atoms with Gasteiger partial charge in [-0.2, -0.15) is 0 Å². The number of carbonyl (C=O) groups excluding carboxylic acids is 1. The van der Waals surface area contributed by atoms with Gasteiger partial charge in [0.05, 0.1) is 13.0 Å². The summed E-state index contributed by atoms with van der Waals surface area (Å²) in [5.74, 6) is 0.997. The van der Waals surface area contributed by atoms with Crippen molar-refractivity contribution in [1.29, 1.82) is 0 Å². The molecule has 0 aliphatic rings. The number of rotatable bonds is 6. The lowest BCUT2D eigenvalue weighted by Gasteiger charge is -2.12. The van der Waals surface area contributed by atoms with E-state index in [4.69, 9.17) is 0 Å². The van der Waals surface area contributed by atoms with Gasteiger partial charge in [0.1, 0.15) is 5.82 Å². The van der Waals surface area contributed by atoms with Crippen LogP contribution < -0.4 is 10.6 Å². The maximum atomic E-state index is 11.5. The van der Waals surface area contributed by atoms with Crippen molar-refractivity contribution in [2.75, 3.05) is 12.4 Å². The SMILES string of the molecule is CCn1ccnc1CNc1ccccc1CC(=O)NC. The first-order valence-corrected chi connectivity index (χ1v) is 6.77. The van der Waals surface area contributed by atoms with E-state index in [0.717, 1.165) is 23.6 Å². The Balaban J connectivity index is 2.07. The Kier molecular flexibility index (Phi) is 4.76. The van der Waals surface area contributed by atoms with Crippen molar-refractivity contribution >= 4 is 11.6 Å². The van der Waals surface area contributed by atoms with E-state index >= 15 is 0 Å². The molecule has 0 radical (unpaired) electrons. The molecule has 2 N–H and O–H groups in total. The molecule has 0 bridgehead atoms. The van der Waals surface area contributed by atoms with Crippen molar-refractivity contribution in [2.45, 2.75) is 26.4 Å². The van der Waals surface area contributed by atoms with Crippen LogP contribution in [0.1, 0.15) is 18.3 Å². The van der Waals surface area contributed by atoms with Crippen molar-refractivity contribution in [3.8, 4) is 0 Å². The molecule has 0 spiro atoms. The fraction of sp³-hybridized carbons (Fsp3) is 0.333. The summed E-state index contributed by atoms with van der Waals surface area (Å²) in [6.07, 6.45) is 4.15. The zero-order valence-corrected chi connectivity index (χ0v) is 11.9. The molecule has 2 rings (SSSR count). The minimum Gasteiger partial charge on any atom is -0.378 e. The van der Waals surface area contributed by atoms with Gasteiger partial charge in [0.2, 0.25) is 5.91 Å². The Bertz CT molecular complexity index is 577. The van der Waals surface area contributed by atoms with Crippen LogP contribution in [-0.2, 0) is 24.3 Å². The molecule has 0 atom stereocenters. The van der Waals surface area contributed by atoms with Crippen LogP contribution in [0.4, 0.5) is 5.69 Å². The smallest absolute Gasteiger partial charge is 0.224 e. The van der Waals surface area contributed by atoms with Crippen LogP contribution in [0.2, 0.25) is 0 Å². The number of hydrogen-bond acceptors (Lipinski definition) is 3. The van der Waals surface area contributed by atoms with Crippen LogP contribution in [0.15, 0.2) is 36.7 Å². The lowest BCUT2D eigenvalue weighted by molar-refractivity contribution is -0.119. The molecule has 0 saturated carbocycles. The van der Waals surface area contributed by atoms with E-state index in [1.54, 1.807) is 13.2 Å². The molecule has 106 valence electrons. The molecule has 5 heteroatoms. The highest BCUT2D eigenvalue weighted by Crippen LogP contribution is 2.16. The Morgan fingerprint density at radius 1 is 1.35 bits per heavy atom. The Labute approximate surface area is 119 Å². The fourth-order valence-corrected chi connectivity index (χ4v) is 2.08.